The molecular weight excluding hydrogens is 176 g/mol. The first kappa shape index (κ1) is 9.36. The van der Waals surface area contributed by atoms with Crippen molar-refractivity contribution in [1.82, 2.24) is 0 Å². The lowest BCUT2D eigenvalue weighted by molar-refractivity contribution is -0.223. The second kappa shape index (κ2) is 2.90. The van der Waals surface area contributed by atoms with E-state index in [1.807, 2.05) is 0 Å². The van der Waals surface area contributed by atoms with E-state index in [0.29, 0.717) is 0 Å². The Kier molecular flexibility index (Phi) is 2.08. The summed E-state index contributed by atoms with van der Waals surface area (Å²) in [5, 5.41) is 18.3. The SMILES string of the molecule is CC1(C)OC2C(CO)OC(O)[C@@H]2O1. The molecule has 4 atom stereocenters. The molecule has 2 heterocycles. The normalized spacial score (nSPS) is 48.0. The zero-order chi connectivity index (χ0) is 9.64. The van der Waals surface area contributed by atoms with Crippen LogP contribution in [0.25, 0.3) is 0 Å². The van der Waals surface area contributed by atoms with Crippen LogP contribution in [0.3, 0.4) is 0 Å². The summed E-state index contributed by atoms with van der Waals surface area (Å²) in [4.78, 5) is 0. The van der Waals surface area contributed by atoms with Crippen molar-refractivity contribution in [2.75, 3.05) is 6.61 Å². The molecule has 3 unspecified atom stereocenters. The second-order valence-corrected chi connectivity index (χ2v) is 3.81. The number of hydrogen-bond donors (Lipinski definition) is 2. The van der Waals surface area contributed by atoms with Gasteiger partial charge in [-0.1, -0.05) is 0 Å². The maximum Gasteiger partial charge on any atom is 0.184 e. The Hall–Kier alpha value is -0.200. The molecule has 5 heteroatoms. The predicted molar refractivity (Wildman–Crippen MR) is 41.8 cm³/mol. The average molecular weight is 190 g/mol. The zero-order valence-electron chi connectivity index (χ0n) is 7.64. The van der Waals surface area contributed by atoms with Crippen LogP contribution in [-0.4, -0.2) is 47.2 Å². The van der Waals surface area contributed by atoms with E-state index in [9.17, 15) is 5.11 Å². The highest BCUT2D eigenvalue weighted by Gasteiger charge is 2.54. The number of ether oxygens (including phenoxy) is 3. The van der Waals surface area contributed by atoms with E-state index in [4.69, 9.17) is 19.3 Å². The van der Waals surface area contributed by atoms with Gasteiger partial charge in [0, 0.05) is 0 Å². The monoisotopic (exact) mass is 190 g/mol. The molecule has 2 fully saturated rings. The van der Waals surface area contributed by atoms with E-state index in [1.165, 1.54) is 0 Å². The van der Waals surface area contributed by atoms with Gasteiger partial charge in [-0.25, -0.2) is 0 Å². The van der Waals surface area contributed by atoms with Gasteiger partial charge in [0.2, 0.25) is 0 Å². The quantitative estimate of drug-likeness (QED) is 0.567. The Morgan fingerprint density at radius 3 is 2.46 bits per heavy atom. The van der Waals surface area contributed by atoms with Gasteiger partial charge in [0.05, 0.1) is 6.61 Å². The lowest BCUT2D eigenvalue weighted by Crippen LogP contribution is -2.31. The summed E-state index contributed by atoms with van der Waals surface area (Å²) in [6.07, 6.45) is -2.33. The molecule has 2 N–H and O–H groups in total. The van der Waals surface area contributed by atoms with Crippen molar-refractivity contribution in [3.8, 4) is 0 Å². The Bertz CT molecular complexity index is 205. The van der Waals surface area contributed by atoms with E-state index >= 15 is 0 Å². The average Bonchev–Trinajstić information content (AvgIpc) is 2.47. The molecular formula is C8H14O5. The third kappa shape index (κ3) is 1.47. The smallest absolute Gasteiger partial charge is 0.184 e. The van der Waals surface area contributed by atoms with Crippen molar-refractivity contribution in [3.63, 3.8) is 0 Å². The molecule has 0 amide bonds. The lowest BCUT2D eigenvalue weighted by Gasteiger charge is -2.21. The minimum Gasteiger partial charge on any atom is -0.394 e. The van der Waals surface area contributed by atoms with Gasteiger partial charge in [-0.05, 0) is 13.8 Å². The van der Waals surface area contributed by atoms with Gasteiger partial charge in [0.15, 0.2) is 12.1 Å². The Labute approximate surface area is 76.2 Å². The van der Waals surface area contributed by atoms with E-state index in [2.05, 4.69) is 0 Å². The van der Waals surface area contributed by atoms with Crippen LogP contribution < -0.4 is 0 Å². The van der Waals surface area contributed by atoms with Crippen LogP contribution in [0.15, 0.2) is 0 Å². The minimum absolute atomic E-state index is 0.169. The van der Waals surface area contributed by atoms with Crippen molar-refractivity contribution >= 4 is 0 Å². The summed E-state index contributed by atoms with van der Waals surface area (Å²) in [7, 11) is 0. The van der Waals surface area contributed by atoms with Crippen molar-refractivity contribution in [1.29, 1.82) is 0 Å². The van der Waals surface area contributed by atoms with E-state index in [-0.39, 0.29) is 12.7 Å². The Morgan fingerprint density at radius 1 is 1.23 bits per heavy atom. The summed E-state index contributed by atoms with van der Waals surface area (Å²) < 4.78 is 15.9. The van der Waals surface area contributed by atoms with Crippen LogP contribution >= 0.6 is 0 Å². The van der Waals surface area contributed by atoms with Crippen LogP contribution in [0, 0.1) is 0 Å². The van der Waals surface area contributed by atoms with Crippen LogP contribution in [0.1, 0.15) is 13.8 Å². The van der Waals surface area contributed by atoms with Crippen molar-refractivity contribution in [3.05, 3.63) is 0 Å². The standard InChI is InChI=1S/C8H14O5/c1-8(2)12-5-4(3-9)11-7(10)6(5)13-8/h4-7,9-10H,3H2,1-2H3/t4?,5?,6-,7?/m1/s1. The number of aliphatic hydroxyl groups excluding tert-OH is 2. The van der Waals surface area contributed by atoms with Gasteiger partial charge in [-0.3, -0.25) is 0 Å². The number of rotatable bonds is 1. The van der Waals surface area contributed by atoms with Crippen LogP contribution in [0.2, 0.25) is 0 Å². The zero-order valence-corrected chi connectivity index (χ0v) is 7.64. The number of aliphatic hydroxyl groups is 2. The largest absolute Gasteiger partial charge is 0.394 e. The molecule has 0 saturated carbocycles. The number of hydrogen-bond acceptors (Lipinski definition) is 5. The molecule has 2 aliphatic rings. The van der Waals surface area contributed by atoms with Gasteiger partial charge in [-0.15, -0.1) is 0 Å². The molecule has 76 valence electrons. The van der Waals surface area contributed by atoms with Gasteiger partial charge >= 0.3 is 0 Å². The summed E-state index contributed by atoms with van der Waals surface area (Å²) in [6, 6.07) is 0. The van der Waals surface area contributed by atoms with E-state index in [0.717, 1.165) is 0 Å². The highest BCUT2D eigenvalue weighted by Crippen LogP contribution is 2.37. The Morgan fingerprint density at radius 2 is 1.85 bits per heavy atom. The fourth-order valence-electron chi connectivity index (χ4n) is 1.81. The van der Waals surface area contributed by atoms with Crippen LogP contribution in [0.5, 0.6) is 0 Å². The maximum atomic E-state index is 9.39. The van der Waals surface area contributed by atoms with E-state index < -0.39 is 24.3 Å². The molecule has 0 aromatic carbocycles. The first-order valence-corrected chi connectivity index (χ1v) is 4.33. The fourth-order valence-corrected chi connectivity index (χ4v) is 1.81. The molecule has 2 saturated heterocycles. The third-order valence-electron chi connectivity index (χ3n) is 2.31. The summed E-state index contributed by atoms with van der Waals surface area (Å²) in [6.45, 7) is 3.37. The first-order valence-electron chi connectivity index (χ1n) is 4.33. The molecule has 0 spiro atoms. The van der Waals surface area contributed by atoms with Crippen molar-refractivity contribution in [2.45, 2.75) is 44.2 Å². The van der Waals surface area contributed by atoms with Crippen molar-refractivity contribution < 1.29 is 24.4 Å². The van der Waals surface area contributed by atoms with Gasteiger partial charge in [0.1, 0.15) is 18.3 Å². The highest BCUT2D eigenvalue weighted by atomic mass is 16.8. The molecule has 0 aliphatic carbocycles. The fraction of sp³-hybridized carbons (Fsp3) is 1.00. The molecule has 5 nitrogen and oxygen atoms in total. The maximum absolute atomic E-state index is 9.39. The molecule has 0 aromatic rings. The summed E-state index contributed by atoms with van der Waals surface area (Å²) in [5.41, 5.74) is 0. The van der Waals surface area contributed by atoms with Gasteiger partial charge in [-0.2, -0.15) is 0 Å². The van der Waals surface area contributed by atoms with Crippen LogP contribution in [-0.2, 0) is 14.2 Å². The molecule has 0 radical (unpaired) electrons. The summed E-state index contributed by atoms with van der Waals surface area (Å²) in [5.74, 6) is -0.701. The van der Waals surface area contributed by atoms with Gasteiger partial charge in [0.25, 0.3) is 0 Å². The second-order valence-electron chi connectivity index (χ2n) is 3.81. The highest BCUT2D eigenvalue weighted by molar-refractivity contribution is 4.94. The summed E-state index contributed by atoms with van der Waals surface area (Å²) >= 11 is 0. The molecule has 13 heavy (non-hydrogen) atoms. The topological polar surface area (TPSA) is 68.2 Å². The molecule has 0 aromatic heterocycles. The Balaban J connectivity index is 2.12. The molecule has 2 rings (SSSR count). The molecule has 2 aliphatic heterocycles. The first-order chi connectivity index (χ1) is 6.03. The van der Waals surface area contributed by atoms with Crippen LogP contribution in [0.4, 0.5) is 0 Å². The lowest BCUT2D eigenvalue weighted by atomic mass is 10.1. The molecule has 0 bridgehead atoms. The predicted octanol–water partition coefficient (Wildman–Crippen LogP) is -0.784. The number of fused-ring (bicyclic) bond motifs is 1. The van der Waals surface area contributed by atoms with Crippen molar-refractivity contribution in [2.24, 2.45) is 0 Å². The third-order valence-corrected chi connectivity index (χ3v) is 2.31. The minimum atomic E-state index is -0.996. The van der Waals surface area contributed by atoms with Gasteiger partial charge < -0.3 is 24.4 Å². The van der Waals surface area contributed by atoms with E-state index in [1.54, 1.807) is 13.8 Å².